The van der Waals surface area contributed by atoms with Crippen LogP contribution in [0.5, 0.6) is 17.2 Å². The largest absolute Gasteiger partial charge is 0.508 e. The molecule has 0 amide bonds. The molecule has 9 heteroatoms. The van der Waals surface area contributed by atoms with Gasteiger partial charge in [-0.1, -0.05) is 35.5 Å². The molecule has 7 nitrogen and oxygen atoms in total. The predicted molar refractivity (Wildman–Crippen MR) is 102 cm³/mol. The van der Waals surface area contributed by atoms with E-state index in [1.807, 2.05) is 12.1 Å². The summed E-state index contributed by atoms with van der Waals surface area (Å²) in [5, 5.41) is 28.2. The molecule has 0 aliphatic rings. The number of Topliss-reactive ketones (excluding diaryl/α,β-unsaturated/α-hetero) is 1. The highest BCUT2D eigenvalue weighted by atomic mass is 35.5. The molecule has 0 fully saturated rings. The van der Waals surface area contributed by atoms with Crippen molar-refractivity contribution in [1.29, 1.82) is 0 Å². The van der Waals surface area contributed by atoms with Crippen LogP contribution in [-0.2, 0) is 13.7 Å². The number of hydrogen-bond donors (Lipinski definition) is 2. The minimum atomic E-state index is -0.283. The molecule has 0 aliphatic carbocycles. The zero-order valence-electron chi connectivity index (χ0n) is 14.3. The van der Waals surface area contributed by atoms with Crippen LogP contribution in [0.15, 0.2) is 47.6 Å². The summed E-state index contributed by atoms with van der Waals surface area (Å²) in [7, 11) is 1.77. The zero-order chi connectivity index (χ0) is 19.4. The van der Waals surface area contributed by atoms with Gasteiger partial charge in [-0.25, -0.2) is 0 Å². The lowest BCUT2D eigenvalue weighted by Crippen LogP contribution is -2.06. The first-order valence-corrected chi connectivity index (χ1v) is 9.25. The first kappa shape index (κ1) is 19.1. The fourth-order valence-corrected chi connectivity index (χ4v) is 3.27. The Morgan fingerprint density at radius 3 is 2.74 bits per heavy atom. The smallest absolute Gasteiger partial charge is 0.191 e. The van der Waals surface area contributed by atoms with Gasteiger partial charge in [0.15, 0.2) is 16.8 Å². The standard InChI is InChI=1S/C18H16ClN3O4S/c1-22-17(9-26-16-5-3-2-4-13(16)19)20-21-18(22)27-10-15(25)12-7-6-11(23)8-14(12)24/h2-8,23-24H,9-10H2,1H3. The Balaban J connectivity index is 1.62. The van der Waals surface area contributed by atoms with Gasteiger partial charge in [0.1, 0.15) is 23.9 Å². The molecule has 0 saturated heterocycles. The van der Waals surface area contributed by atoms with Crippen LogP contribution >= 0.6 is 23.4 Å². The number of phenolic OH excluding ortho intramolecular Hbond substituents is 2. The van der Waals surface area contributed by atoms with Crippen molar-refractivity contribution in [3.05, 3.63) is 58.9 Å². The van der Waals surface area contributed by atoms with Gasteiger partial charge in [0.2, 0.25) is 0 Å². The van der Waals surface area contributed by atoms with Gasteiger partial charge in [-0.3, -0.25) is 4.79 Å². The van der Waals surface area contributed by atoms with Gasteiger partial charge >= 0.3 is 0 Å². The van der Waals surface area contributed by atoms with Crippen molar-refractivity contribution in [2.24, 2.45) is 7.05 Å². The number of carbonyl (C=O) groups is 1. The summed E-state index contributed by atoms with van der Waals surface area (Å²) in [6, 6.07) is 11.0. The van der Waals surface area contributed by atoms with Crippen molar-refractivity contribution in [1.82, 2.24) is 14.8 Å². The van der Waals surface area contributed by atoms with E-state index in [0.29, 0.717) is 21.8 Å². The molecule has 0 unspecified atom stereocenters. The minimum absolute atomic E-state index is 0.0652. The summed E-state index contributed by atoms with van der Waals surface area (Å²) in [4.78, 5) is 12.3. The molecule has 0 radical (unpaired) electrons. The van der Waals surface area contributed by atoms with Crippen LogP contribution in [0, 0.1) is 0 Å². The summed E-state index contributed by atoms with van der Waals surface area (Å²) >= 11 is 7.25. The molecule has 2 aromatic carbocycles. The summed E-state index contributed by atoms with van der Waals surface area (Å²) in [6.07, 6.45) is 0. The molecule has 1 aromatic heterocycles. The first-order chi connectivity index (χ1) is 13.0. The topological polar surface area (TPSA) is 97.5 Å². The first-order valence-electron chi connectivity index (χ1n) is 7.89. The molecule has 140 valence electrons. The third kappa shape index (κ3) is 4.53. The van der Waals surface area contributed by atoms with Crippen LogP contribution in [0.2, 0.25) is 5.02 Å². The van der Waals surface area contributed by atoms with Crippen LogP contribution in [-0.4, -0.2) is 36.5 Å². The number of ketones is 1. The van der Waals surface area contributed by atoms with Crippen LogP contribution < -0.4 is 4.74 Å². The molecule has 1 heterocycles. The maximum absolute atomic E-state index is 12.3. The molecular formula is C18H16ClN3O4S. The average molecular weight is 406 g/mol. The fraction of sp³-hybridized carbons (Fsp3) is 0.167. The molecular weight excluding hydrogens is 390 g/mol. The predicted octanol–water partition coefficient (Wildman–Crippen LogP) is 3.43. The molecule has 0 atom stereocenters. The molecule has 27 heavy (non-hydrogen) atoms. The minimum Gasteiger partial charge on any atom is -0.508 e. The summed E-state index contributed by atoms with van der Waals surface area (Å²) < 4.78 is 7.38. The van der Waals surface area contributed by atoms with Crippen molar-refractivity contribution in [2.75, 3.05) is 5.75 Å². The highest BCUT2D eigenvalue weighted by Crippen LogP contribution is 2.26. The van der Waals surface area contributed by atoms with E-state index in [0.717, 1.165) is 6.07 Å². The van der Waals surface area contributed by atoms with Crippen molar-refractivity contribution >= 4 is 29.1 Å². The van der Waals surface area contributed by atoms with Crippen LogP contribution in [0.25, 0.3) is 0 Å². The van der Waals surface area contributed by atoms with Crippen molar-refractivity contribution in [2.45, 2.75) is 11.8 Å². The average Bonchev–Trinajstić information content (AvgIpc) is 2.99. The van der Waals surface area contributed by atoms with E-state index in [9.17, 15) is 15.0 Å². The second kappa shape index (κ2) is 8.32. The van der Waals surface area contributed by atoms with Gasteiger partial charge in [0.25, 0.3) is 0 Å². The number of carbonyl (C=O) groups excluding carboxylic acids is 1. The number of aromatic hydroxyl groups is 2. The van der Waals surface area contributed by atoms with Gasteiger partial charge in [0, 0.05) is 13.1 Å². The number of halogens is 1. The Bertz CT molecular complexity index is 977. The number of aromatic nitrogens is 3. The maximum atomic E-state index is 12.3. The number of benzene rings is 2. The van der Waals surface area contributed by atoms with E-state index in [2.05, 4.69) is 10.2 Å². The number of ether oxygens (including phenoxy) is 1. The third-order valence-corrected chi connectivity index (χ3v) is 5.07. The molecule has 0 spiro atoms. The second-order valence-electron chi connectivity index (χ2n) is 5.59. The van der Waals surface area contributed by atoms with Gasteiger partial charge in [0.05, 0.1) is 16.3 Å². The monoisotopic (exact) mass is 405 g/mol. The van der Waals surface area contributed by atoms with E-state index in [4.69, 9.17) is 16.3 Å². The fourth-order valence-electron chi connectivity index (χ4n) is 2.26. The Morgan fingerprint density at radius 1 is 1.22 bits per heavy atom. The van der Waals surface area contributed by atoms with E-state index in [-0.39, 0.29) is 35.2 Å². The van der Waals surface area contributed by atoms with Crippen molar-refractivity contribution in [3.63, 3.8) is 0 Å². The molecule has 2 N–H and O–H groups in total. The summed E-state index contributed by atoms with van der Waals surface area (Å²) in [5.41, 5.74) is 0.143. The molecule has 0 bridgehead atoms. The number of nitrogens with zero attached hydrogens (tertiary/aromatic N) is 3. The van der Waals surface area contributed by atoms with Gasteiger partial charge < -0.3 is 19.5 Å². The Kier molecular flexibility index (Phi) is 5.88. The summed E-state index contributed by atoms with van der Waals surface area (Å²) in [5.74, 6) is 0.553. The molecule has 0 aliphatic heterocycles. The highest BCUT2D eigenvalue weighted by Gasteiger charge is 2.16. The normalized spacial score (nSPS) is 10.7. The van der Waals surface area contributed by atoms with Crippen LogP contribution in [0.4, 0.5) is 0 Å². The maximum Gasteiger partial charge on any atom is 0.191 e. The highest BCUT2D eigenvalue weighted by molar-refractivity contribution is 7.99. The Hall–Kier alpha value is -2.71. The van der Waals surface area contributed by atoms with E-state index < -0.39 is 0 Å². The Labute approximate surface area is 164 Å². The lowest BCUT2D eigenvalue weighted by molar-refractivity contribution is 0.102. The van der Waals surface area contributed by atoms with Gasteiger partial charge in [-0.15, -0.1) is 10.2 Å². The lowest BCUT2D eigenvalue weighted by atomic mass is 10.1. The van der Waals surface area contributed by atoms with Gasteiger partial charge in [-0.05, 0) is 24.3 Å². The van der Waals surface area contributed by atoms with E-state index in [1.54, 1.807) is 23.7 Å². The Morgan fingerprint density at radius 2 is 2.00 bits per heavy atom. The summed E-state index contributed by atoms with van der Waals surface area (Å²) in [6.45, 7) is 0.181. The number of para-hydroxylation sites is 1. The van der Waals surface area contributed by atoms with Gasteiger partial charge in [-0.2, -0.15) is 0 Å². The second-order valence-corrected chi connectivity index (χ2v) is 6.94. The zero-order valence-corrected chi connectivity index (χ0v) is 15.9. The van der Waals surface area contributed by atoms with Crippen molar-refractivity contribution < 1.29 is 19.7 Å². The number of phenols is 2. The quantitative estimate of drug-likeness (QED) is 0.459. The number of hydrogen-bond acceptors (Lipinski definition) is 7. The van der Waals surface area contributed by atoms with E-state index in [1.165, 1.54) is 23.9 Å². The third-order valence-electron chi connectivity index (χ3n) is 3.73. The molecule has 3 rings (SSSR count). The van der Waals surface area contributed by atoms with Crippen LogP contribution in [0.1, 0.15) is 16.2 Å². The van der Waals surface area contributed by atoms with Crippen molar-refractivity contribution in [3.8, 4) is 17.2 Å². The SMILES string of the molecule is Cn1c(COc2ccccc2Cl)nnc1SCC(=O)c1ccc(O)cc1O. The molecule has 0 saturated carbocycles. The molecule has 3 aromatic rings. The van der Waals surface area contributed by atoms with Crippen LogP contribution in [0.3, 0.4) is 0 Å². The number of rotatable bonds is 7. The number of thioether (sulfide) groups is 1. The van der Waals surface area contributed by atoms with E-state index >= 15 is 0 Å². The lowest BCUT2D eigenvalue weighted by Gasteiger charge is -2.08.